The van der Waals surface area contributed by atoms with E-state index in [0.29, 0.717) is 19.4 Å². The van der Waals surface area contributed by atoms with Crippen LogP contribution < -0.4 is 21.3 Å². The molecule has 2 aliphatic carbocycles. The molecule has 4 aliphatic rings. The number of amides is 5. The fourth-order valence-corrected chi connectivity index (χ4v) is 9.73. The molecule has 9 atom stereocenters. The number of nitrogens with zero attached hydrogens (tertiary/aromatic N) is 3. The first-order valence-electron chi connectivity index (χ1n) is 19.3. The minimum atomic E-state index is -1.48. The molecule has 53 heavy (non-hydrogen) atoms. The summed E-state index contributed by atoms with van der Waals surface area (Å²) < 4.78 is 0. The van der Waals surface area contributed by atoms with Gasteiger partial charge >= 0.3 is 0 Å². The molecule has 0 radical (unpaired) electrons. The smallest absolute Gasteiger partial charge is 0.272 e. The van der Waals surface area contributed by atoms with Gasteiger partial charge in [0.25, 0.3) is 11.8 Å². The number of aliphatic hydroxyl groups is 1. The molecule has 2 saturated heterocycles. The van der Waals surface area contributed by atoms with E-state index in [9.17, 15) is 29.1 Å². The van der Waals surface area contributed by atoms with E-state index in [-0.39, 0.29) is 35.4 Å². The quantitative estimate of drug-likeness (QED) is 0.234. The third kappa shape index (κ3) is 7.54. The van der Waals surface area contributed by atoms with Crippen molar-refractivity contribution in [1.82, 2.24) is 36.1 Å². The van der Waals surface area contributed by atoms with Crippen molar-refractivity contribution in [2.45, 2.75) is 122 Å². The molecule has 0 spiro atoms. The van der Waals surface area contributed by atoms with Gasteiger partial charge < -0.3 is 31.3 Å². The third-order valence-electron chi connectivity index (χ3n) is 12.5. The molecule has 3 unspecified atom stereocenters. The average Bonchev–Trinajstić information content (AvgIpc) is 3.74. The summed E-state index contributed by atoms with van der Waals surface area (Å²) >= 11 is 0. The van der Waals surface area contributed by atoms with Crippen molar-refractivity contribution >= 4 is 29.5 Å². The first-order chi connectivity index (χ1) is 25.3. The van der Waals surface area contributed by atoms with Crippen LogP contribution in [-0.4, -0.2) is 86.3 Å². The molecule has 5 N–H and O–H groups in total. The normalized spacial score (nSPS) is 27.8. The monoisotopic (exact) mass is 729 g/mol. The summed E-state index contributed by atoms with van der Waals surface area (Å²) in [5, 5.41) is 23.4. The Kier molecular flexibility index (Phi) is 11.2. The molecule has 6 rings (SSSR count). The van der Waals surface area contributed by atoms with E-state index in [1.54, 1.807) is 4.90 Å². The van der Waals surface area contributed by atoms with E-state index in [0.717, 1.165) is 44.1 Å². The number of benzene rings is 1. The zero-order chi connectivity index (χ0) is 38.1. The Morgan fingerprint density at radius 1 is 1.00 bits per heavy atom. The number of carbonyl (C=O) groups is 5. The average molecular weight is 730 g/mol. The Morgan fingerprint density at radius 2 is 1.72 bits per heavy atom. The molecule has 1 aromatic heterocycles. The van der Waals surface area contributed by atoms with E-state index in [1.807, 2.05) is 65.0 Å². The number of likely N-dealkylation sites (tertiary alicyclic amines) is 1. The highest BCUT2D eigenvalue weighted by molar-refractivity contribution is 5.98. The molecule has 3 heterocycles. The zero-order valence-electron chi connectivity index (χ0n) is 31.5. The van der Waals surface area contributed by atoms with Crippen LogP contribution in [0.1, 0.15) is 108 Å². The van der Waals surface area contributed by atoms with Gasteiger partial charge in [-0.25, -0.2) is 4.98 Å². The lowest BCUT2D eigenvalue weighted by Gasteiger charge is -2.50. The first-order valence-corrected chi connectivity index (χ1v) is 19.3. The summed E-state index contributed by atoms with van der Waals surface area (Å²) in [5.41, 5.74) is -0.351. The molecule has 2 saturated carbocycles. The standard InChI is InChI=1S/C40H55N7O6/c1-6-40-18-17-26-22-47(30(28(26)40)36(51)45-32(40)31(48)37(52)43-23(2)24-13-9-7-10-14-24)38(53)33(39(3,4)5)46-35(50)29(25-15-11-8-12-16-25)44-34(49)27-21-41-19-20-42-27/h7,9-10,13-14,19-21,23,25-26,28-33,48H,6,8,11-12,15-18,22H2,1-5H3,(H,43,52)(H,44,49)(H,45,51)(H,46,50)/t23-,26-,28?,29-,30-,31?,32+,33+,40?/m0/s1. The van der Waals surface area contributed by atoms with Gasteiger partial charge in [-0.1, -0.05) is 77.3 Å². The number of rotatable bonds is 11. The van der Waals surface area contributed by atoms with Crippen molar-refractivity contribution in [2.75, 3.05) is 6.54 Å². The molecule has 5 amide bonds. The maximum absolute atomic E-state index is 14.7. The summed E-state index contributed by atoms with van der Waals surface area (Å²) in [5.74, 6) is -2.66. The Labute approximate surface area is 311 Å². The van der Waals surface area contributed by atoms with Gasteiger partial charge in [0.15, 0.2) is 6.10 Å². The second-order valence-corrected chi connectivity index (χ2v) is 16.7. The number of aromatic nitrogens is 2. The van der Waals surface area contributed by atoms with Crippen LogP contribution >= 0.6 is 0 Å². The highest BCUT2D eigenvalue weighted by Gasteiger charge is 2.67. The van der Waals surface area contributed by atoms with Crippen LogP contribution in [0.3, 0.4) is 0 Å². The van der Waals surface area contributed by atoms with Crippen LogP contribution in [0.2, 0.25) is 0 Å². The topological polar surface area (TPSA) is 183 Å². The fourth-order valence-electron chi connectivity index (χ4n) is 9.73. The lowest BCUT2D eigenvalue weighted by Crippen LogP contribution is -2.70. The highest BCUT2D eigenvalue weighted by Crippen LogP contribution is 2.59. The minimum Gasteiger partial charge on any atom is -0.381 e. The highest BCUT2D eigenvalue weighted by atomic mass is 16.3. The van der Waals surface area contributed by atoms with Crippen molar-refractivity contribution in [1.29, 1.82) is 0 Å². The Bertz CT molecular complexity index is 1660. The molecule has 1 aromatic carbocycles. The van der Waals surface area contributed by atoms with E-state index in [2.05, 4.69) is 31.2 Å². The van der Waals surface area contributed by atoms with Crippen LogP contribution in [0.5, 0.6) is 0 Å². The van der Waals surface area contributed by atoms with Crippen molar-refractivity contribution in [3.63, 3.8) is 0 Å². The minimum absolute atomic E-state index is 0.00599. The summed E-state index contributed by atoms with van der Waals surface area (Å²) in [4.78, 5) is 79.5. The number of aliphatic hydroxyl groups excluding tert-OH is 1. The molecule has 4 fully saturated rings. The molecular weight excluding hydrogens is 674 g/mol. The van der Waals surface area contributed by atoms with Gasteiger partial charge in [-0.15, -0.1) is 0 Å². The number of piperidine rings is 1. The fraction of sp³-hybridized carbons (Fsp3) is 0.625. The van der Waals surface area contributed by atoms with Gasteiger partial charge in [0.05, 0.1) is 18.3 Å². The largest absolute Gasteiger partial charge is 0.381 e. The van der Waals surface area contributed by atoms with Crippen molar-refractivity contribution < 1.29 is 29.1 Å². The maximum atomic E-state index is 14.7. The summed E-state index contributed by atoms with van der Waals surface area (Å²) in [6.07, 6.45) is 9.26. The van der Waals surface area contributed by atoms with E-state index in [4.69, 9.17) is 0 Å². The van der Waals surface area contributed by atoms with Crippen molar-refractivity contribution in [3.8, 4) is 0 Å². The maximum Gasteiger partial charge on any atom is 0.272 e. The predicted molar refractivity (Wildman–Crippen MR) is 197 cm³/mol. The van der Waals surface area contributed by atoms with Crippen LogP contribution in [0.4, 0.5) is 0 Å². The SMILES string of the molecule is CCC12CC[C@H]3CN(C(=O)[C@@H](NC(=O)[C@@H](NC(=O)c4cnccn4)C4CCCCC4)C(C)(C)C)[C@H](C(=O)N[C@@H]1C(O)C(=O)N[C@@H](C)c1ccccc1)C32. The van der Waals surface area contributed by atoms with E-state index < -0.39 is 64.7 Å². The summed E-state index contributed by atoms with van der Waals surface area (Å²) in [6.45, 7) is 9.83. The summed E-state index contributed by atoms with van der Waals surface area (Å²) in [7, 11) is 0. The molecule has 0 bridgehead atoms. The Balaban J connectivity index is 1.22. The second-order valence-electron chi connectivity index (χ2n) is 16.7. The van der Waals surface area contributed by atoms with Crippen LogP contribution in [0.25, 0.3) is 0 Å². The number of hydrogen-bond acceptors (Lipinski definition) is 8. The van der Waals surface area contributed by atoms with Crippen molar-refractivity contribution in [3.05, 3.63) is 60.2 Å². The van der Waals surface area contributed by atoms with E-state index >= 15 is 0 Å². The second kappa shape index (κ2) is 15.5. The van der Waals surface area contributed by atoms with Gasteiger partial charge in [-0.05, 0) is 67.3 Å². The van der Waals surface area contributed by atoms with Gasteiger partial charge in [-0.2, -0.15) is 0 Å². The summed E-state index contributed by atoms with van der Waals surface area (Å²) in [6, 6.07) is 5.62. The van der Waals surface area contributed by atoms with Crippen molar-refractivity contribution in [2.24, 2.45) is 28.6 Å². The molecular formula is C40H55N7O6. The van der Waals surface area contributed by atoms with Crippen LogP contribution in [0, 0.1) is 28.6 Å². The Hall–Kier alpha value is -4.39. The Morgan fingerprint density at radius 3 is 2.36 bits per heavy atom. The lowest BCUT2D eigenvalue weighted by molar-refractivity contribution is -0.153. The third-order valence-corrected chi connectivity index (χ3v) is 12.5. The van der Waals surface area contributed by atoms with Gasteiger partial charge in [0.2, 0.25) is 17.7 Å². The van der Waals surface area contributed by atoms with E-state index in [1.165, 1.54) is 18.6 Å². The van der Waals surface area contributed by atoms with Gasteiger partial charge in [0.1, 0.15) is 23.8 Å². The number of nitrogens with one attached hydrogen (secondary N) is 4. The number of hydrogen-bond donors (Lipinski definition) is 5. The van der Waals surface area contributed by atoms with Crippen LogP contribution in [-0.2, 0) is 19.2 Å². The van der Waals surface area contributed by atoms with Gasteiger partial charge in [-0.3, -0.25) is 29.0 Å². The molecule has 13 nitrogen and oxygen atoms in total. The molecule has 13 heteroatoms. The lowest BCUT2D eigenvalue weighted by atomic mass is 9.62. The van der Waals surface area contributed by atoms with Crippen LogP contribution in [0.15, 0.2) is 48.9 Å². The molecule has 2 aliphatic heterocycles. The molecule has 2 aromatic rings. The predicted octanol–water partition coefficient (Wildman–Crippen LogP) is 3.06. The number of carbonyl (C=O) groups excluding carboxylic acids is 5. The van der Waals surface area contributed by atoms with Gasteiger partial charge in [0, 0.05) is 24.9 Å². The molecule has 286 valence electrons. The first kappa shape index (κ1) is 38.3. The zero-order valence-corrected chi connectivity index (χ0v) is 31.5.